The van der Waals surface area contributed by atoms with E-state index in [9.17, 15) is 26.5 Å². The molecule has 0 aliphatic rings. The minimum absolute atomic E-state index is 0.138. The van der Waals surface area contributed by atoms with E-state index < -0.39 is 33.2 Å². The number of hydrogen-bond donors (Lipinski definition) is 0. The molecule has 0 aliphatic heterocycles. The third kappa shape index (κ3) is 12.4. The first-order chi connectivity index (χ1) is 11.9. The van der Waals surface area contributed by atoms with Crippen molar-refractivity contribution in [2.75, 3.05) is 27.7 Å². The van der Waals surface area contributed by atoms with Gasteiger partial charge in [0.25, 0.3) is 0 Å². The Kier molecular flexibility index (Phi) is 9.01. The zero-order valence-electron chi connectivity index (χ0n) is 16.7. The molecule has 1 aromatic carbocycles. The van der Waals surface area contributed by atoms with Crippen LogP contribution in [0.25, 0.3) is 0 Å². The number of nitrogens with zero attached hydrogens (tertiary/aromatic N) is 1. The minimum atomic E-state index is -5.84. The Labute approximate surface area is 160 Å². The van der Waals surface area contributed by atoms with Crippen molar-refractivity contribution < 1.29 is 35.8 Å². The van der Waals surface area contributed by atoms with Gasteiger partial charge in [-0.05, 0) is 5.41 Å². The van der Waals surface area contributed by atoms with Gasteiger partial charge in [-0.2, -0.15) is 8.78 Å². The number of halogens is 2. The molecule has 0 aliphatic carbocycles. The Morgan fingerprint density at radius 1 is 1.11 bits per heavy atom. The van der Waals surface area contributed by atoms with Gasteiger partial charge in [0, 0.05) is 5.56 Å². The summed E-state index contributed by atoms with van der Waals surface area (Å²) in [5, 5.41) is -4.62. The van der Waals surface area contributed by atoms with Gasteiger partial charge in [-0.3, -0.25) is 4.79 Å². The van der Waals surface area contributed by atoms with Crippen LogP contribution in [0, 0.1) is 5.41 Å². The third-order valence-corrected chi connectivity index (χ3v) is 3.76. The lowest BCUT2D eigenvalue weighted by Gasteiger charge is -2.23. The molecule has 0 amide bonds. The third-order valence-electron chi connectivity index (χ3n) is 2.88. The fraction of sp³-hybridized carbons (Fsp3) is 0.611. The zero-order valence-corrected chi connectivity index (χ0v) is 17.5. The van der Waals surface area contributed by atoms with Crippen molar-refractivity contribution in [2.24, 2.45) is 5.41 Å². The van der Waals surface area contributed by atoms with Crippen molar-refractivity contribution in [3.63, 3.8) is 0 Å². The highest BCUT2D eigenvalue weighted by Crippen LogP contribution is 2.25. The molecule has 0 saturated carbocycles. The number of hydrogen-bond acceptors (Lipinski definition) is 5. The van der Waals surface area contributed by atoms with E-state index in [1.54, 1.807) is 20.8 Å². The molecule has 0 bridgehead atoms. The van der Waals surface area contributed by atoms with Gasteiger partial charge >= 0.3 is 11.2 Å². The largest absolute Gasteiger partial charge is 0.743 e. The van der Waals surface area contributed by atoms with Crippen LogP contribution in [0.15, 0.2) is 30.3 Å². The molecule has 0 heterocycles. The van der Waals surface area contributed by atoms with Gasteiger partial charge in [0.1, 0.15) is 13.0 Å². The summed E-state index contributed by atoms with van der Waals surface area (Å²) in [5.41, 5.74) is 0.973. The van der Waals surface area contributed by atoms with Crippen molar-refractivity contribution in [2.45, 2.75) is 39.0 Å². The summed E-state index contributed by atoms with van der Waals surface area (Å²) < 4.78 is 60.8. The van der Waals surface area contributed by atoms with Gasteiger partial charge in [0.15, 0.2) is 10.1 Å². The van der Waals surface area contributed by atoms with Crippen molar-refractivity contribution >= 4 is 16.1 Å². The quantitative estimate of drug-likeness (QED) is 0.410. The van der Waals surface area contributed by atoms with Crippen LogP contribution in [0.2, 0.25) is 0 Å². The van der Waals surface area contributed by atoms with Gasteiger partial charge in [-0.1, -0.05) is 51.1 Å². The second kappa shape index (κ2) is 9.57. The fourth-order valence-electron chi connectivity index (χ4n) is 1.74. The molecular weight excluding hydrogens is 380 g/mol. The minimum Gasteiger partial charge on any atom is -0.743 e. The lowest BCUT2D eigenvalue weighted by Crippen LogP contribution is -2.33. The maximum atomic E-state index is 12.6. The summed E-state index contributed by atoms with van der Waals surface area (Å²) in [6.45, 7) is 6.05. The molecule has 0 fully saturated rings. The molecule has 0 spiro atoms. The van der Waals surface area contributed by atoms with Crippen LogP contribution in [0.5, 0.6) is 0 Å². The monoisotopic (exact) mass is 409 g/mol. The maximum Gasteiger partial charge on any atom is 0.344 e. The summed E-state index contributed by atoms with van der Waals surface area (Å²) >= 11 is 0. The topological polar surface area (TPSA) is 83.5 Å². The maximum absolute atomic E-state index is 12.6. The summed E-state index contributed by atoms with van der Waals surface area (Å²) in [4.78, 5) is 10.8. The second-order valence-corrected chi connectivity index (χ2v) is 9.93. The van der Waals surface area contributed by atoms with Crippen LogP contribution in [-0.4, -0.2) is 56.4 Å². The molecule has 156 valence electrons. The summed E-state index contributed by atoms with van der Waals surface area (Å²) in [6, 6.07) is 10.6. The van der Waals surface area contributed by atoms with Gasteiger partial charge in [0.05, 0.1) is 27.7 Å². The number of benzene rings is 1. The van der Waals surface area contributed by atoms with Crippen LogP contribution in [0.3, 0.4) is 0 Å². The van der Waals surface area contributed by atoms with Crippen LogP contribution in [-0.2, 0) is 26.2 Å². The number of ether oxygens (including phenoxy) is 1. The molecule has 6 nitrogen and oxygen atoms in total. The first-order valence-electron chi connectivity index (χ1n) is 8.26. The summed E-state index contributed by atoms with van der Waals surface area (Å²) in [5.74, 6) is -1.42. The number of carbonyl (C=O) groups excluding carboxylic acids is 1. The molecule has 9 heteroatoms. The molecule has 0 radical (unpaired) electrons. The lowest BCUT2D eigenvalue weighted by molar-refractivity contribution is -0.884. The number of carbonyl (C=O) groups is 1. The first-order valence-corrected chi connectivity index (χ1v) is 9.67. The highest BCUT2D eigenvalue weighted by Gasteiger charge is 2.41. The van der Waals surface area contributed by atoms with Crippen LogP contribution in [0.1, 0.15) is 32.8 Å². The van der Waals surface area contributed by atoms with E-state index in [0.717, 1.165) is 11.0 Å². The molecular formula is C18H29F2NO5S. The predicted octanol–water partition coefficient (Wildman–Crippen LogP) is 3.00. The van der Waals surface area contributed by atoms with E-state index in [0.29, 0.717) is 0 Å². The number of rotatable bonds is 6. The Balaban J connectivity index is 0.000000533. The molecule has 1 rings (SSSR count). The van der Waals surface area contributed by atoms with Crippen LogP contribution in [0.4, 0.5) is 8.78 Å². The van der Waals surface area contributed by atoms with Gasteiger partial charge in [-0.15, -0.1) is 0 Å². The Bertz CT molecular complexity index is 693. The van der Waals surface area contributed by atoms with E-state index in [1.807, 2.05) is 0 Å². The number of esters is 1. The number of quaternary nitrogens is 1. The van der Waals surface area contributed by atoms with Crippen molar-refractivity contribution in [3.05, 3.63) is 35.9 Å². The molecule has 0 saturated heterocycles. The Morgan fingerprint density at radius 3 is 1.96 bits per heavy atom. The van der Waals surface area contributed by atoms with Crippen LogP contribution < -0.4 is 0 Å². The summed E-state index contributed by atoms with van der Waals surface area (Å²) in [7, 11) is 0.769. The number of alkyl halides is 2. The van der Waals surface area contributed by atoms with E-state index in [4.69, 9.17) is 0 Å². The lowest BCUT2D eigenvalue weighted by atomic mass is 9.99. The standard InChI is InChI=1S/C10H16N.C8H14F2O5S/c1-11(2,3)9-10-7-5-4-6-8-10;1-7(2,3)5-15-6(11)4-8(9,10)16(12,13)14/h4-8H,9H2,1-3H3;4-5H2,1-3H3,(H,12,13,14)/q+1;/p-1. The second-order valence-electron chi connectivity index (χ2n) is 8.42. The van der Waals surface area contributed by atoms with E-state index in [2.05, 4.69) is 56.2 Å². The average molecular weight is 409 g/mol. The van der Waals surface area contributed by atoms with E-state index in [-0.39, 0.29) is 6.61 Å². The first kappa shape index (κ1) is 25.4. The predicted molar refractivity (Wildman–Crippen MR) is 97.9 cm³/mol. The van der Waals surface area contributed by atoms with E-state index in [1.165, 1.54) is 5.56 Å². The average Bonchev–Trinajstić information content (AvgIpc) is 2.43. The SMILES string of the molecule is CC(C)(C)COC(=O)CC(F)(F)S(=O)(=O)[O-].C[N+](C)(C)Cc1ccccc1. The zero-order chi connectivity index (χ0) is 21.5. The van der Waals surface area contributed by atoms with Crippen LogP contribution >= 0.6 is 0 Å². The fourth-order valence-corrected chi connectivity index (χ4v) is 2.03. The van der Waals surface area contributed by atoms with Crippen molar-refractivity contribution in [1.82, 2.24) is 0 Å². The van der Waals surface area contributed by atoms with Gasteiger partial charge in [-0.25, -0.2) is 8.42 Å². The Hall–Kier alpha value is -1.58. The summed E-state index contributed by atoms with van der Waals surface area (Å²) in [6.07, 6.45) is -1.76. The molecule has 0 aromatic heterocycles. The van der Waals surface area contributed by atoms with E-state index >= 15 is 0 Å². The van der Waals surface area contributed by atoms with Gasteiger partial charge in [0.2, 0.25) is 0 Å². The highest BCUT2D eigenvalue weighted by molar-refractivity contribution is 7.86. The normalized spacial score (nSPS) is 12.8. The smallest absolute Gasteiger partial charge is 0.344 e. The highest BCUT2D eigenvalue weighted by atomic mass is 32.2. The Morgan fingerprint density at radius 2 is 1.59 bits per heavy atom. The van der Waals surface area contributed by atoms with Crippen molar-refractivity contribution in [3.8, 4) is 0 Å². The molecule has 27 heavy (non-hydrogen) atoms. The van der Waals surface area contributed by atoms with Crippen molar-refractivity contribution in [1.29, 1.82) is 0 Å². The molecule has 0 N–H and O–H groups in total. The molecule has 1 aromatic rings. The van der Waals surface area contributed by atoms with Gasteiger partial charge < -0.3 is 13.8 Å². The molecule has 0 atom stereocenters. The molecule has 0 unspecified atom stereocenters.